The summed E-state index contributed by atoms with van der Waals surface area (Å²) in [6, 6.07) is 15.4. The number of nitrogens with zero attached hydrogens (tertiary/aromatic N) is 4. The Kier molecular flexibility index (Phi) is 4.91. The van der Waals surface area contributed by atoms with Crippen LogP contribution >= 0.6 is 0 Å². The number of hydrogen-bond donors (Lipinski definition) is 1. The predicted molar refractivity (Wildman–Crippen MR) is 130 cm³/mol. The van der Waals surface area contributed by atoms with Crippen molar-refractivity contribution in [1.29, 1.82) is 0 Å². The highest BCUT2D eigenvalue weighted by molar-refractivity contribution is 6.06. The van der Waals surface area contributed by atoms with Crippen molar-refractivity contribution in [2.45, 2.75) is 13.3 Å². The Morgan fingerprint density at radius 3 is 2.70 bits per heavy atom. The van der Waals surface area contributed by atoms with Gasteiger partial charge in [-0.1, -0.05) is 37.3 Å². The fourth-order valence-corrected chi connectivity index (χ4v) is 4.41. The molecule has 33 heavy (non-hydrogen) atoms. The van der Waals surface area contributed by atoms with Gasteiger partial charge in [-0.3, -0.25) is 9.48 Å². The van der Waals surface area contributed by atoms with Crippen LogP contribution in [0.25, 0.3) is 48.8 Å². The summed E-state index contributed by atoms with van der Waals surface area (Å²) in [5.41, 5.74) is 4.33. The first-order valence-corrected chi connectivity index (χ1v) is 10.6. The van der Waals surface area contributed by atoms with E-state index < -0.39 is 0 Å². The lowest BCUT2D eigenvalue weighted by molar-refractivity contribution is 0.417. The number of benzene rings is 3. The number of aromatic amines is 1. The number of fused-ring (bicyclic) bond motifs is 2. The van der Waals surface area contributed by atoms with E-state index in [1.165, 1.54) is 0 Å². The fraction of sp³-hybridized carbons (Fsp3) is 0.154. The van der Waals surface area contributed by atoms with Gasteiger partial charge in [0.05, 0.1) is 36.7 Å². The molecule has 0 aliphatic carbocycles. The molecule has 5 rings (SSSR count). The molecule has 3 aromatic carbocycles. The lowest BCUT2D eigenvalue weighted by Crippen LogP contribution is -2.10. The molecule has 2 heterocycles. The summed E-state index contributed by atoms with van der Waals surface area (Å²) < 4.78 is 7.51. The van der Waals surface area contributed by atoms with E-state index in [1.807, 2.05) is 62.5 Å². The summed E-state index contributed by atoms with van der Waals surface area (Å²) in [5.74, 6) is 0.609. The summed E-state index contributed by atoms with van der Waals surface area (Å²) in [7, 11) is 3.46. The SMILES string of the molecule is [C-]#[N+]c1c(-c2c(-c3ccc4c(=O)[nH]nc(CC)c4c3)cnn2C)c(OC)cc2ccccc12. The van der Waals surface area contributed by atoms with Crippen LogP contribution in [0, 0.1) is 6.57 Å². The third kappa shape index (κ3) is 3.15. The van der Waals surface area contributed by atoms with Gasteiger partial charge in [0, 0.05) is 23.6 Å². The molecule has 0 amide bonds. The standard InChI is InChI=1S/C26H21N5O2/c1-5-21-19-12-16(10-11-18(19)26(32)30-29-21)20-14-28-31(3)25(20)23-22(33-4)13-15-8-6-7-9-17(15)24(23)27-2/h6-14H,5H2,1,3-4H3,(H,30,32). The van der Waals surface area contributed by atoms with Crippen LogP contribution in [-0.2, 0) is 13.5 Å². The van der Waals surface area contributed by atoms with E-state index in [-0.39, 0.29) is 5.56 Å². The number of aromatic nitrogens is 4. The number of nitrogens with one attached hydrogen (secondary N) is 1. The topological polar surface area (TPSA) is 77.2 Å². The second kappa shape index (κ2) is 7.92. The maximum absolute atomic E-state index is 12.3. The molecule has 0 saturated heterocycles. The molecule has 0 bridgehead atoms. The van der Waals surface area contributed by atoms with Gasteiger partial charge in [0.25, 0.3) is 5.56 Å². The predicted octanol–water partition coefficient (Wildman–Crippen LogP) is 5.27. The zero-order chi connectivity index (χ0) is 23.1. The lowest BCUT2D eigenvalue weighted by atomic mass is 9.95. The van der Waals surface area contributed by atoms with Crippen LogP contribution in [-0.4, -0.2) is 27.1 Å². The molecule has 0 atom stereocenters. The van der Waals surface area contributed by atoms with Crippen LogP contribution in [0.3, 0.4) is 0 Å². The maximum atomic E-state index is 12.3. The quantitative estimate of drug-likeness (QED) is 0.390. The minimum absolute atomic E-state index is 0.216. The van der Waals surface area contributed by atoms with E-state index in [1.54, 1.807) is 18.0 Å². The zero-order valence-corrected chi connectivity index (χ0v) is 18.5. The van der Waals surface area contributed by atoms with Crippen LogP contribution in [0.1, 0.15) is 12.6 Å². The van der Waals surface area contributed by atoms with Gasteiger partial charge in [-0.15, -0.1) is 0 Å². The van der Waals surface area contributed by atoms with Crippen LogP contribution in [0.2, 0.25) is 0 Å². The molecule has 1 N–H and O–H groups in total. The van der Waals surface area contributed by atoms with Gasteiger partial charge < -0.3 is 4.74 Å². The first kappa shape index (κ1) is 20.5. The van der Waals surface area contributed by atoms with E-state index in [0.29, 0.717) is 28.8 Å². The molecule has 0 radical (unpaired) electrons. The van der Waals surface area contributed by atoms with Crippen molar-refractivity contribution in [1.82, 2.24) is 20.0 Å². The van der Waals surface area contributed by atoms with Crippen molar-refractivity contribution in [3.05, 3.63) is 82.2 Å². The molecule has 0 fully saturated rings. The number of aryl methyl sites for hydroxylation is 2. The van der Waals surface area contributed by atoms with Crippen LogP contribution in [0.5, 0.6) is 5.75 Å². The van der Waals surface area contributed by atoms with Crippen LogP contribution in [0.4, 0.5) is 5.69 Å². The minimum atomic E-state index is -0.216. The molecule has 5 aromatic rings. The average Bonchev–Trinajstić information content (AvgIpc) is 3.23. The molecule has 0 unspecified atom stereocenters. The van der Waals surface area contributed by atoms with Gasteiger partial charge in [0.15, 0.2) is 0 Å². The maximum Gasteiger partial charge on any atom is 0.272 e. The summed E-state index contributed by atoms with van der Waals surface area (Å²) in [6.07, 6.45) is 2.47. The van der Waals surface area contributed by atoms with Gasteiger partial charge in [0.1, 0.15) is 5.75 Å². The van der Waals surface area contributed by atoms with Crippen molar-refractivity contribution in [2.75, 3.05) is 7.11 Å². The second-order valence-corrected chi connectivity index (χ2v) is 7.78. The molecule has 0 saturated carbocycles. The molecular formula is C26H21N5O2. The Bertz CT molecular complexity index is 1640. The van der Waals surface area contributed by atoms with Gasteiger partial charge in [-0.2, -0.15) is 10.2 Å². The van der Waals surface area contributed by atoms with Gasteiger partial charge >= 0.3 is 0 Å². The normalized spacial score (nSPS) is 11.1. The van der Waals surface area contributed by atoms with E-state index in [9.17, 15) is 4.79 Å². The Morgan fingerprint density at radius 2 is 1.94 bits per heavy atom. The number of ether oxygens (including phenoxy) is 1. The summed E-state index contributed by atoms with van der Waals surface area (Å²) in [5, 5.41) is 14.5. The van der Waals surface area contributed by atoms with E-state index in [4.69, 9.17) is 11.3 Å². The molecule has 162 valence electrons. The Balaban J connectivity index is 1.84. The van der Waals surface area contributed by atoms with Crippen LogP contribution < -0.4 is 10.3 Å². The molecule has 2 aromatic heterocycles. The summed E-state index contributed by atoms with van der Waals surface area (Å²) >= 11 is 0. The van der Waals surface area contributed by atoms with Crippen molar-refractivity contribution >= 4 is 27.2 Å². The van der Waals surface area contributed by atoms with Crippen molar-refractivity contribution in [2.24, 2.45) is 7.05 Å². The Hall–Kier alpha value is -4.44. The first-order valence-electron chi connectivity index (χ1n) is 10.6. The number of rotatable bonds is 4. The molecule has 7 heteroatoms. The Morgan fingerprint density at radius 1 is 1.12 bits per heavy atom. The van der Waals surface area contributed by atoms with E-state index in [2.05, 4.69) is 20.1 Å². The molecule has 0 aliphatic heterocycles. The zero-order valence-electron chi connectivity index (χ0n) is 18.5. The molecule has 0 spiro atoms. The number of methoxy groups -OCH3 is 1. The van der Waals surface area contributed by atoms with Gasteiger partial charge in [-0.05, 0) is 41.0 Å². The third-order valence-corrected chi connectivity index (χ3v) is 6.01. The molecule has 0 aliphatic rings. The van der Waals surface area contributed by atoms with Crippen molar-refractivity contribution < 1.29 is 4.74 Å². The highest BCUT2D eigenvalue weighted by Crippen LogP contribution is 2.47. The van der Waals surface area contributed by atoms with Crippen molar-refractivity contribution in [3.8, 4) is 28.1 Å². The summed E-state index contributed by atoms with van der Waals surface area (Å²) in [4.78, 5) is 16.2. The monoisotopic (exact) mass is 435 g/mol. The van der Waals surface area contributed by atoms with Gasteiger partial charge in [-0.25, -0.2) is 9.94 Å². The molecular weight excluding hydrogens is 414 g/mol. The second-order valence-electron chi connectivity index (χ2n) is 7.78. The largest absolute Gasteiger partial charge is 0.497 e. The highest BCUT2D eigenvalue weighted by atomic mass is 16.5. The van der Waals surface area contributed by atoms with Crippen molar-refractivity contribution in [3.63, 3.8) is 0 Å². The van der Waals surface area contributed by atoms with E-state index >= 15 is 0 Å². The first-order chi connectivity index (χ1) is 16.1. The third-order valence-electron chi connectivity index (χ3n) is 6.01. The fourth-order valence-electron chi connectivity index (χ4n) is 4.41. The van der Waals surface area contributed by atoms with E-state index in [0.717, 1.165) is 38.7 Å². The van der Waals surface area contributed by atoms with Gasteiger partial charge in [0.2, 0.25) is 5.69 Å². The number of hydrogen-bond acceptors (Lipinski definition) is 4. The smallest absolute Gasteiger partial charge is 0.272 e. The lowest BCUT2D eigenvalue weighted by Gasteiger charge is -2.16. The van der Waals surface area contributed by atoms with Crippen LogP contribution in [0.15, 0.2) is 59.5 Å². The highest BCUT2D eigenvalue weighted by Gasteiger charge is 2.23. The number of H-pyrrole nitrogens is 1. The Labute approximate surface area is 190 Å². The molecule has 7 nitrogen and oxygen atoms in total. The summed E-state index contributed by atoms with van der Waals surface area (Å²) in [6.45, 7) is 9.97. The minimum Gasteiger partial charge on any atom is -0.497 e. The average molecular weight is 435 g/mol.